The van der Waals surface area contributed by atoms with Crippen molar-refractivity contribution in [2.75, 3.05) is 0 Å². The van der Waals surface area contributed by atoms with Crippen LogP contribution in [-0.2, 0) is 0 Å². The smallest absolute Gasteiger partial charge is 0.184 e. The predicted molar refractivity (Wildman–Crippen MR) is 59.6 cm³/mol. The summed E-state index contributed by atoms with van der Waals surface area (Å²) in [4.78, 5) is 0. The van der Waals surface area contributed by atoms with Gasteiger partial charge < -0.3 is 5.73 Å². The molecule has 0 atom stereocenters. The Hall–Kier alpha value is -0.640. The number of rotatable bonds is 2. The van der Waals surface area contributed by atoms with Crippen molar-refractivity contribution in [3.05, 3.63) is 0 Å². The molecule has 4 heteroatoms. The highest BCUT2D eigenvalue weighted by Gasteiger charge is 2.09. The van der Waals surface area contributed by atoms with Crippen LogP contribution >= 0.6 is 12.2 Å². The minimum atomic E-state index is 0.241. The lowest BCUT2D eigenvalue weighted by atomic mass is 10.0. The predicted octanol–water partition coefficient (Wildman–Crippen LogP) is 1.78. The van der Waals surface area contributed by atoms with E-state index < -0.39 is 0 Å². The molecule has 1 fully saturated rings. The van der Waals surface area contributed by atoms with E-state index in [1.54, 1.807) is 0 Å². The van der Waals surface area contributed by atoms with Gasteiger partial charge in [0.15, 0.2) is 5.11 Å². The maximum atomic E-state index is 5.25. The van der Waals surface area contributed by atoms with Gasteiger partial charge in [-0.15, -0.1) is 0 Å². The summed E-state index contributed by atoms with van der Waals surface area (Å²) in [5.74, 6) is 0.615. The van der Waals surface area contributed by atoms with Crippen LogP contribution in [0.5, 0.6) is 0 Å². The number of hydrogen-bond donors (Lipinski definition) is 2. The number of nitrogens with zero attached hydrogens (tertiary/aromatic N) is 1. The molecule has 1 aliphatic rings. The van der Waals surface area contributed by atoms with E-state index in [-0.39, 0.29) is 5.11 Å². The molecule has 0 amide bonds. The Morgan fingerprint density at radius 2 is 1.92 bits per heavy atom. The van der Waals surface area contributed by atoms with Crippen LogP contribution in [0.3, 0.4) is 0 Å². The van der Waals surface area contributed by atoms with Gasteiger partial charge in [0.2, 0.25) is 0 Å². The van der Waals surface area contributed by atoms with Gasteiger partial charge in [0, 0.05) is 6.21 Å². The molecule has 3 N–H and O–H groups in total. The summed E-state index contributed by atoms with van der Waals surface area (Å²) in [6.45, 7) is 0. The summed E-state index contributed by atoms with van der Waals surface area (Å²) in [6.07, 6.45) is 9.84. The number of thiocarbonyl (C=S) groups is 1. The van der Waals surface area contributed by atoms with Gasteiger partial charge in [-0.25, -0.2) is 0 Å². The molecule has 0 spiro atoms. The molecule has 74 valence electrons. The molecular weight excluding hydrogens is 182 g/mol. The zero-order valence-corrected chi connectivity index (χ0v) is 8.65. The Labute approximate surface area is 84.8 Å². The first-order chi connectivity index (χ1) is 6.29. The summed E-state index contributed by atoms with van der Waals surface area (Å²) >= 11 is 4.64. The zero-order valence-electron chi connectivity index (χ0n) is 7.83. The average Bonchev–Trinajstić information content (AvgIpc) is 2.32. The highest BCUT2D eigenvalue weighted by atomic mass is 32.1. The van der Waals surface area contributed by atoms with Gasteiger partial charge in [-0.2, -0.15) is 5.10 Å². The lowest BCUT2D eigenvalue weighted by molar-refractivity contribution is 0.599. The van der Waals surface area contributed by atoms with Crippen LogP contribution in [0.15, 0.2) is 5.10 Å². The van der Waals surface area contributed by atoms with Crippen LogP contribution < -0.4 is 11.2 Å². The first-order valence-corrected chi connectivity index (χ1v) is 5.28. The normalized spacial score (nSPS) is 20.0. The maximum absolute atomic E-state index is 5.25. The fourth-order valence-electron chi connectivity index (χ4n) is 1.67. The Balaban J connectivity index is 2.25. The van der Waals surface area contributed by atoms with E-state index in [0.717, 1.165) is 0 Å². The van der Waals surface area contributed by atoms with Crippen molar-refractivity contribution in [3.63, 3.8) is 0 Å². The second kappa shape index (κ2) is 5.91. The Morgan fingerprint density at radius 3 is 2.46 bits per heavy atom. The average molecular weight is 199 g/mol. The molecular formula is C9H17N3S. The quantitative estimate of drug-likeness (QED) is 0.308. The molecule has 0 aromatic carbocycles. The Bertz CT molecular complexity index is 183. The minimum Gasteiger partial charge on any atom is -0.375 e. The number of hydrazone groups is 1. The second-order valence-corrected chi connectivity index (χ2v) is 3.95. The van der Waals surface area contributed by atoms with Gasteiger partial charge in [-0.3, -0.25) is 5.43 Å². The molecule has 1 saturated carbocycles. The summed E-state index contributed by atoms with van der Waals surface area (Å²) in [5, 5.41) is 4.24. The Morgan fingerprint density at radius 1 is 1.31 bits per heavy atom. The van der Waals surface area contributed by atoms with E-state index in [2.05, 4.69) is 22.7 Å². The van der Waals surface area contributed by atoms with Crippen molar-refractivity contribution in [2.24, 2.45) is 16.8 Å². The molecule has 0 aromatic heterocycles. The molecule has 3 nitrogen and oxygen atoms in total. The third-order valence-corrected chi connectivity index (χ3v) is 2.45. The van der Waals surface area contributed by atoms with E-state index >= 15 is 0 Å². The number of hydrogen-bond acceptors (Lipinski definition) is 2. The third kappa shape index (κ3) is 4.83. The second-order valence-electron chi connectivity index (χ2n) is 3.51. The van der Waals surface area contributed by atoms with Crippen molar-refractivity contribution in [3.8, 4) is 0 Å². The standard InChI is InChI=1S/C9H17N3S/c10-9(13)12-11-7-8-5-3-1-2-4-6-8/h7-8H,1-6H2,(H3,10,12,13). The van der Waals surface area contributed by atoms with Crippen molar-refractivity contribution >= 4 is 23.5 Å². The first kappa shape index (κ1) is 10.4. The topological polar surface area (TPSA) is 50.4 Å². The van der Waals surface area contributed by atoms with Gasteiger partial charge in [0.05, 0.1) is 0 Å². The van der Waals surface area contributed by atoms with Crippen molar-refractivity contribution < 1.29 is 0 Å². The molecule has 0 bridgehead atoms. The zero-order chi connectivity index (χ0) is 9.52. The molecule has 0 heterocycles. The van der Waals surface area contributed by atoms with Gasteiger partial charge in [0.25, 0.3) is 0 Å². The summed E-state index contributed by atoms with van der Waals surface area (Å²) in [5.41, 5.74) is 7.84. The van der Waals surface area contributed by atoms with Crippen LogP contribution in [0.1, 0.15) is 38.5 Å². The van der Waals surface area contributed by atoms with E-state index in [1.807, 2.05) is 6.21 Å². The van der Waals surface area contributed by atoms with Crippen LogP contribution in [0, 0.1) is 5.92 Å². The van der Waals surface area contributed by atoms with Crippen LogP contribution in [0.2, 0.25) is 0 Å². The van der Waals surface area contributed by atoms with Gasteiger partial charge in [-0.05, 0) is 31.0 Å². The van der Waals surface area contributed by atoms with Gasteiger partial charge in [0.1, 0.15) is 0 Å². The van der Waals surface area contributed by atoms with E-state index in [9.17, 15) is 0 Å². The molecule has 0 aliphatic heterocycles. The maximum Gasteiger partial charge on any atom is 0.184 e. The van der Waals surface area contributed by atoms with Crippen LogP contribution in [0.25, 0.3) is 0 Å². The lowest BCUT2D eigenvalue weighted by Crippen LogP contribution is -2.24. The van der Waals surface area contributed by atoms with Crippen molar-refractivity contribution in [2.45, 2.75) is 38.5 Å². The van der Waals surface area contributed by atoms with Crippen LogP contribution in [0.4, 0.5) is 0 Å². The van der Waals surface area contributed by atoms with Crippen molar-refractivity contribution in [1.29, 1.82) is 0 Å². The van der Waals surface area contributed by atoms with E-state index in [1.165, 1.54) is 38.5 Å². The lowest BCUT2D eigenvalue weighted by Gasteiger charge is -2.06. The molecule has 1 rings (SSSR count). The summed E-state index contributed by atoms with van der Waals surface area (Å²) in [7, 11) is 0. The van der Waals surface area contributed by atoms with Crippen molar-refractivity contribution in [1.82, 2.24) is 5.43 Å². The number of nitrogens with one attached hydrogen (secondary N) is 1. The fraction of sp³-hybridized carbons (Fsp3) is 0.778. The molecule has 0 aromatic rings. The first-order valence-electron chi connectivity index (χ1n) is 4.87. The number of nitrogens with two attached hydrogens (primary N) is 1. The van der Waals surface area contributed by atoms with E-state index in [4.69, 9.17) is 5.73 Å². The molecule has 0 unspecified atom stereocenters. The molecule has 1 aliphatic carbocycles. The third-order valence-electron chi connectivity index (χ3n) is 2.36. The highest BCUT2D eigenvalue weighted by Crippen LogP contribution is 2.20. The fourth-order valence-corrected chi connectivity index (χ4v) is 1.72. The minimum absolute atomic E-state index is 0.241. The monoisotopic (exact) mass is 199 g/mol. The Kier molecular flexibility index (Phi) is 4.75. The largest absolute Gasteiger partial charge is 0.375 e. The van der Waals surface area contributed by atoms with Gasteiger partial charge >= 0.3 is 0 Å². The molecule has 13 heavy (non-hydrogen) atoms. The molecule has 0 saturated heterocycles. The SMILES string of the molecule is NC(=S)NN=CC1CCCCCC1. The van der Waals surface area contributed by atoms with Gasteiger partial charge in [-0.1, -0.05) is 25.7 Å². The molecule has 0 radical (unpaired) electrons. The summed E-state index contributed by atoms with van der Waals surface area (Å²) < 4.78 is 0. The highest BCUT2D eigenvalue weighted by molar-refractivity contribution is 7.80. The van der Waals surface area contributed by atoms with E-state index in [0.29, 0.717) is 5.92 Å². The van der Waals surface area contributed by atoms with Crippen LogP contribution in [-0.4, -0.2) is 11.3 Å². The summed E-state index contributed by atoms with van der Waals surface area (Å²) in [6, 6.07) is 0.